The van der Waals surface area contributed by atoms with Crippen LogP contribution in [-0.4, -0.2) is 16.7 Å². The Labute approximate surface area is 92.0 Å². The molecule has 0 saturated heterocycles. The molecule has 0 aliphatic carbocycles. The summed E-state index contributed by atoms with van der Waals surface area (Å²) in [6.45, 7) is 1.92. The molecule has 0 aliphatic heterocycles. The Hall–Kier alpha value is -1.49. The van der Waals surface area contributed by atoms with E-state index in [2.05, 4.69) is 10.3 Å². The van der Waals surface area contributed by atoms with Gasteiger partial charge in [0.1, 0.15) is 0 Å². The van der Waals surface area contributed by atoms with Crippen LogP contribution in [0.2, 0.25) is 0 Å². The molecule has 1 N–H and O–H groups in total. The van der Waals surface area contributed by atoms with Crippen molar-refractivity contribution in [1.29, 1.82) is 0 Å². The maximum Gasteiger partial charge on any atom is 0.250 e. The van der Waals surface area contributed by atoms with Crippen LogP contribution in [0.3, 0.4) is 0 Å². The van der Waals surface area contributed by atoms with Crippen LogP contribution in [0.15, 0.2) is 23.7 Å². The van der Waals surface area contributed by atoms with E-state index in [0.717, 1.165) is 6.42 Å². The molecule has 1 rings (SSSR count). The van der Waals surface area contributed by atoms with E-state index in [9.17, 15) is 9.59 Å². The normalized spacial score (nSPS) is 10.5. The summed E-state index contributed by atoms with van der Waals surface area (Å²) < 4.78 is 0. The number of nitrogens with one attached hydrogen (secondary N) is 1. The second-order valence-electron chi connectivity index (χ2n) is 2.88. The second kappa shape index (κ2) is 6.08. The van der Waals surface area contributed by atoms with Crippen LogP contribution in [0.1, 0.15) is 19.8 Å². The standard InChI is InChI=1S/C10H12N2O2S/c1-2-3-8(13)4-5-9(14)12-10-11-6-7-15-10/h4-7H,2-3H2,1H3,(H,11,12,14)/b5-4+. The molecule has 0 fully saturated rings. The topological polar surface area (TPSA) is 59.1 Å². The van der Waals surface area contributed by atoms with E-state index in [1.165, 1.54) is 23.5 Å². The molecular weight excluding hydrogens is 212 g/mol. The van der Waals surface area contributed by atoms with Gasteiger partial charge >= 0.3 is 0 Å². The molecule has 0 saturated carbocycles. The molecule has 1 aromatic rings. The van der Waals surface area contributed by atoms with Crippen LogP contribution in [0.25, 0.3) is 0 Å². The Morgan fingerprint density at radius 3 is 2.93 bits per heavy atom. The van der Waals surface area contributed by atoms with Crippen molar-refractivity contribution < 1.29 is 9.59 Å². The number of thiazole rings is 1. The summed E-state index contributed by atoms with van der Waals surface area (Å²) in [6, 6.07) is 0. The molecule has 1 aromatic heterocycles. The maximum atomic E-state index is 11.2. The second-order valence-corrected chi connectivity index (χ2v) is 3.77. The molecule has 0 aromatic carbocycles. The molecule has 0 bridgehead atoms. The molecule has 0 radical (unpaired) electrons. The number of hydrogen-bond donors (Lipinski definition) is 1. The molecule has 1 heterocycles. The summed E-state index contributed by atoms with van der Waals surface area (Å²) in [6.07, 6.45) is 5.40. The fraction of sp³-hybridized carbons (Fsp3) is 0.300. The number of rotatable bonds is 5. The first-order valence-electron chi connectivity index (χ1n) is 4.63. The highest BCUT2D eigenvalue weighted by Crippen LogP contribution is 2.09. The highest BCUT2D eigenvalue weighted by atomic mass is 32.1. The summed E-state index contributed by atoms with van der Waals surface area (Å²) in [7, 11) is 0. The number of carbonyl (C=O) groups excluding carboxylic acids is 2. The average Bonchev–Trinajstić information content (AvgIpc) is 2.68. The van der Waals surface area contributed by atoms with Gasteiger partial charge in [-0.2, -0.15) is 0 Å². The minimum absolute atomic E-state index is 0.0354. The number of anilines is 1. The fourth-order valence-corrected chi connectivity index (χ4v) is 1.46. The SMILES string of the molecule is CCCC(=O)/C=C/C(=O)Nc1nccs1. The van der Waals surface area contributed by atoms with Crippen LogP contribution < -0.4 is 5.32 Å². The van der Waals surface area contributed by atoms with E-state index < -0.39 is 0 Å². The van der Waals surface area contributed by atoms with Gasteiger partial charge in [0.05, 0.1) is 0 Å². The molecular formula is C10H12N2O2S. The van der Waals surface area contributed by atoms with Crippen molar-refractivity contribution in [2.75, 3.05) is 5.32 Å². The lowest BCUT2D eigenvalue weighted by Crippen LogP contribution is -2.08. The predicted octanol–water partition coefficient (Wildman–Crippen LogP) is 2.01. The van der Waals surface area contributed by atoms with Crippen molar-refractivity contribution >= 4 is 28.2 Å². The Kier molecular flexibility index (Phi) is 4.70. The molecule has 4 nitrogen and oxygen atoms in total. The lowest BCUT2D eigenvalue weighted by atomic mass is 10.2. The Morgan fingerprint density at radius 2 is 2.33 bits per heavy atom. The zero-order chi connectivity index (χ0) is 11.1. The van der Waals surface area contributed by atoms with Gasteiger partial charge in [0.2, 0.25) is 5.91 Å². The third kappa shape index (κ3) is 4.51. The Balaban J connectivity index is 2.39. The predicted molar refractivity (Wildman–Crippen MR) is 59.8 cm³/mol. The highest BCUT2D eigenvalue weighted by molar-refractivity contribution is 7.13. The molecule has 0 aliphatic rings. The van der Waals surface area contributed by atoms with E-state index in [1.54, 1.807) is 11.6 Å². The fourth-order valence-electron chi connectivity index (χ4n) is 0.931. The van der Waals surface area contributed by atoms with E-state index in [0.29, 0.717) is 11.6 Å². The third-order valence-electron chi connectivity index (χ3n) is 1.58. The zero-order valence-electron chi connectivity index (χ0n) is 8.40. The summed E-state index contributed by atoms with van der Waals surface area (Å²) in [5.41, 5.74) is 0. The van der Waals surface area contributed by atoms with Crippen LogP contribution >= 0.6 is 11.3 Å². The molecule has 0 atom stereocenters. The molecule has 5 heteroatoms. The lowest BCUT2D eigenvalue weighted by Gasteiger charge is -1.94. The van der Waals surface area contributed by atoms with Crippen LogP contribution in [0.4, 0.5) is 5.13 Å². The molecule has 1 amide bonds. The molecule has 15 heavy (non-hydrogen) atoms. The Bertz CT molecular complexity index is 358. The number of ketones is 1. The maximum absolute atomic E-state index is 11.2. The highest BCUT2D eigenvalue weighted by Gasteiger charge is 2.00. The van der Waals surface area contributed by atoms with E-state index in [1.807, 2.05) is 6.92 Å². The number of carbonyl (C=O) groups is 2. The average molecular weight is 224 g/mol. The van der Waals surface area contributed by atoms with Gasteiger partial charge in [-0.1, -0.05) is 6.92 Å². The van der Waals surface area contributed by atoms with Gasteiger partial charge in [-0.15, -0.1) is 11.3 Å². The van der Waals surface area contributed by atoms with E-state index in [4.69, 9.17) is 0 Å². The summed E-state index contributed by atoms with van der Waals surface area (Å²) in [4.78, 5) is 26.2. The molecule has 0 unspecified atom stereocenters. The van der Waals surface area contributed by atoms with Crippen molar-refractivity contribution in [3.63, 3.8) is 0 Å². The third-order valence-corrected chi connectivity index (χ3v) is 2.27. The monoisotopic (exact) mass is 224 g/mol. The van der Waals surface area contributed by atoms with Crippen LogP contribution in [-0.2, 0) is 9.59 Å². The van der Waals surface area contributed by atoms with Crippen molar-refractivity contribution in [3.05, 3.63) is 23.7 Å². The van der Waals surface area contributed by atoms with Gasteiger partial charge < -0.3 is 0 Å². The zero-order valence-corrected chi connectivity index (χ0v) is 9.21. The van der Waals surface area contributed by atoms with Gasteiger partial charge in [-0.25, -0.2) is 4.98 Å². The van der Waals surface area contributed by atoms with Crippen LogP contribution in [0.5, 0.6) is 0 Å². The van der Waals surface area contributed by atoms with Crippen molar-refractivity contribution in [1.82, 2.24) is 4.98 Å². The lowest BCUT2D eigenvalue weighted by molar-refractivity contribution is -0.115. The van der Waals surface area contributed by atoms with Crippen molar-refractivity contribution in [2.45, 2.75) is 19.8 Å². The number of hydrogen-bond acceptors (Lipinski definition) is 4. The number of amides is 1. The van der Waals surface area contributed by atoms with Gasteiger partial charge in [0, 0.05) is 24.1 Å². The van der Waals surface area contributed by atoms with Crippen molar-refractivity contribution in [3.8, 4) is 0 Å². The van der Waals surface area contributed by atoms with Crippen LogP contribution in [0, 0.1) is 0 Å². The van der Waals surface area contributed by atoms with Crippen molar-refractivity contribution in [2.24, 2.45) is 0 Å². The molecule has 80 valence electrons. The quantitative estimate of drug-likeness (QED) is 0.778. The first-order valence-corrected chi connectivity index (χ1v) is 5.51. The first-order chi connectivity index (χ1) is 7.22. The van der Waals surface area contributed by atoms with Gasteiger partial charge in [-0.3, -0.25) is 14.9 Å². The van der Waals surface area contributed by atoms with E-state index >= 15 is 0 Å². The van der Waals surface area contributed by atoms with E-state index in [-0.39, 0.29) is 11.7 Å². The minimum atomic E-state index is -0.325. The molecule has 0 spiro atoms. The number of allylic oxidation sites excluding steroid dienone is 1. The Morgan fingerprint density at radius 1 is 1.53 bits per heavy atom. The van der Waals surface area contributed by atoms with Gasteiger partial charge in [-0.05, 0) is 12.5 Å². The summed E-state index contributed by atoms with van der Waals surface area (Å²) >= 11 is 1.33. The number of aromatic nitrogens is 1. The van der Waals surface area contributed by atoms with Gasteiger partial charge in [0.25, 0.3) is 0 Å². The smallest absolute Gasteiger partial charge is 0.250 e. The largest absolute Gasteiger partial charge is 0.298 e. The summed E-state index contributed by atoms with van der Waals surface area (Å²) in [5.74, 6) is -0.360. The van der Waals surface area contributed by atoms with Gasteiger partial charge in [0.15, 0.2) is 10.9 Å². The number of nitrogens with zero attached hydrogens (tertiary/aromatic N) is 1. The minimum Gasteiger partial charge on any atom is -0.298 e. The first kappa shape index (κ1) is 11.6. The summed E-state index contributed by atoms with van der Waals surface area (Å²) in [5, 5.41) is 4.85.